The first-order chi connectivity index (χ1) is 9.28. The first-order valence-electron chi connectivity index (χ1n) is 6.41. The molecule has 3 rings (SSSR count). The van der Waals surface area contributed by atoms with Gasteiger partial charge in [-0.25, -0.2) is 4.39 Å². The third-order valence-corrected chi connectivity index (χ3v) is 3.49. The fraction of sp³-hybridized carbons (Fsp3) is 0.357. The van der Waals surface area contributed by atoms with E-state index in [-0.39, 0.29) is 12.4 Å². The Morgan fingerprint density at radius 2 is 2.11 bits per heavy atom. The lowest BCUT2D eigenvalue weighted by molar-refractivity contribution is 0.274. The molecule has 2 N–H and O–H groups in total. The number of halogens is 1. The molecule has 5 heteroatoms. The molecular weight excluding hydrogens is 245 g/mol. The molecule has 4 nitrogen and oxygen atoms in total. The van der Waals surface area contributed by atoms with E-state index >= 15 is 0 Å². The fourth-order valence-corrected chi connectivity index (χ4v) is 2.52. The van der Waals surface area contributed by atoms with E-state index in [4.69, 9.17) is 0 Å². The summed E-state index contributed by atoms with van der Waals surface area (Å²) >= 11 is 0. The minimum Gasteiger partial charge on any atom is -0.390 e. The van der Waals surface area contributed by atoms with E-state index in [1.165, 1.54) is 12.1 Å². The third-order valence-electron chi connectivity index (χ3n) is 3.49. The number of aliphatic hydroxyl groups excluding tert-OH is 1. The molecule has 0 bridgehead atoms. The average Bonchev–Trinajstić information content (AvgIpc) is 2.80. The number of benzene rings is 1. The van der Waals surface area contributed by atoms with Crippen molar-refractivity contribution in [2.45, 2.75) is 26.1 Å². The van der Waals surface area contributed by atoms with Crippen LogP contribution >= 0.6 is 0 Å². The molecule has 0 aliphatic carbocycles. The van der Waals surface area contributed by atoms with Gasteiger partial charge in [-0.2, -0.15) is 5.10 Å². The molecule has 0 radical (unpaired) electrons. The summed E-state index contributed by atoms with van der Waals surface area (Å²) in [7, 11) is 0. The minimum atomic E-state index is -0.232. The number of fused-ring (bicyclic) bond motifs is 1. The highest BCUT2D eigenvalue weighted by Crippen LogP contribution is 2.19. The largest absolute Gasteiger partial charge is 0.390 e. The van der Waals surface area contributed by atoms with E-state index in [0.29, 0.717) is 6.54 Å². The molecule has 0 saturated heterocycles. The summed E-state index contributed by atoms with van der Waals surface area (Å²) in [6.45, 7) is 2.26. The Bertz CT molecular complexity index is 577. The van der Waals surface area contributed by atoms with Crippen LogP contribution in [0.5, 0.6) is 0 Å². The average molecular weight is 261 g/mol. The number of hydrogen-bond donors (Lipinski definition) is 2. The van der Waals surface area contributed by atoms with Crippen LogP contribution in [0.4, 0.5) is 4.39 Å². The van der Waals surface area contributed by atoms with Gasteiger partial charge < -0.3 is 10.4 Å². The zero-order valence-electron chi connectivity index (χ0n) is 10.6. The maximum atomic E-state index is 12.9. The Balaban J connectivity index is 1.92. The van der Waals surface area contributed by atoms with E-state index in [2.05, 4.69) is 10.4 Å². The van der Waals surface area contributed by atoms with Crippen LogP contribution in [0, 0.1) is 5.82 Å². The molecule has 0 spiro atoms. The van der Waals surface area contributed by atoms with Crippen molar-refractivity contribution in [3.63, 3.8) is 0 Å². The molecule has 0 amide bonds. The van der Waals surface area contributed by atoms with Crippen LogP contribution < -0.4 is 5.32 Å². The molecule has 0 fully saturated rings. The van der Waals surface area contributed by atoms with Gasteiger partial charge in [-0.3, -0.25) is 4.68 Å². The third kappa shape index (κ3) is 2.39. The van der Waals surface area contributed by atoms with Crippen molar-refractivity contribution in [3.8, 4) is 0 Å². The second-order valence-corrected chi connectivity index (χ2v) is 4.74. The molecule has 19 heavy (non-hydrogen) atoms. The van der Waals surface area contributed by atoms with Gasteiger partial charge in [-0.1, -0.05) is 12.1 Å². The van der Waals surface area contributed by atoms with Crippen LogP contribution in [0.2, 0.25) is 0 Å². The van der Waals surface area contributed by atoms with Crippen LogP contribution in [0.1, 0.15) is 22.5 Å². The van der Waals surface area contributed by atoms with Crippen molar-refractivity contribution in [3.05, 3.63) is 52.6 Å². The second kappa shape index (κ2) is 5.11. The van der Waals surface area contributed by atoms with E-state index < -0.39 is 0 Å². The lowest BCUT2D eigenvalue weighted by atomic mass is 10.1. The molecule has 1 aromatic heterocycles. The van der Waals surface area contributed by atoms with Crippen molar-refractivity contribution in [1.82, 2.24) is 15.1 Å². The zero-order valence-corrected chi connectivity index (χ0v) is 10.6. The predicted molar refractivity (Wildman–Crippen MR) is 69.1 cm³/mol. The normalized spacial score (nSPS) is 14.4. The molecule has 2 aromatic rings. The van der Waals surface area contributed by atoms with Gasteiger partial charge >= 0.3 is 0 Å². The summed E-state index contributed by atoms with van der Waals surface area (Å²) in [5.74, 6) is -0.232. The van der Waals surface area contributed by atoms with Crippen LogP contribution in [-0.2, 0) is 26.1 Å². The molecule has 2 heterocycles. The first-order valence-corrected chi connectivity index (χ1v) is 6.41. The highest BCUT2D eigenvalue weighted by molar-refractivity contribution is 5.29. The summed E-state index contributed by atoms with van der Waals surface area (Å²) in [4.78, 5) is 0. The number of nitrogens with one attached hydrogen (secondary N) is 1. The molecule has 100 valence electrons. The fourth-order valence-electron chi connectivity index (χ4n) is 2.52. The highest BCUT2D eigenvalue weighted by atomic mass is 19.1. The van der Waals surface area contributed by atoms with Crippen LogP contribution in [0.3, 0.4) is 0 Å². The van der Waals surface area contributed by atoms with Gasteiger partial charge in [-0.05, 0) is 30.7 Å². The Kier molecular flexibility index (Phi) is 3.31. The second-order valence-electron chi connectivity index (χ2n) is 4.74. The molecule has 1 aliphatic heterocycles. The molecule has 1 aliphatic rings. The Morgan fingerprint density at radius 3 is 2.84 bits per heavy atom. The number of aliphatic hydroxyl groups is 1. The lowest BCUT2D eigenvalue weighted by Crippen LogP contribution is -2.25. The number of nitrogens with zero attached hydrogens (tertiary/aromatic N) is 2. The van der Waals surface area contributed by atoms with Crippen molar-refractivity contribution < 1.29 is 9.50 Å². The molecule has 0 saturated carbocycles. The quantitative estimate of drug-likeness (QED) is 0.873. The standard InChI is InChI=1S/C14H16FN3O/c15-11-3-1-10(2-4-11)8-18-14-7-16-6-5-12(14)13(9-19)17-18/h1-4,16,19H,5-9H2. The van der Waals surface area contributed by atoms with Crippen molar-refractivity contribution >= 4 is 0 Å². The van der Waals surface area contributed by atoms with Crippen LogP contribution in [-0.4, -0.2) is 21.4 Å². The smallest absolute Gasteiger partial charge is 0.123 e. The lowest BCUT2D eigenvalue weighted by Gasteiger charge is -2.15. The van der Waals surface area contributed by atoms with Crippen LogP contribution in [0.25, 0.3) is 0 Å². The first kappa shape index (κ1) is 12.3. The maximum Gasteiger partial charge on any atom is 0.123 e. The van der Waals surface area contributed by atoms with E-state index in [0.717, 1.165) is 42.0 Å². The maximum absolute atomic E-state index is 12.9. The van der Waals surface area contributed by atoms with E-state index in [1.807, 2.05) is 4.68 Å². The predicted octanol–water partition coefficient (Wildman–Crippen LogP) is 1.21. The Hall–Kier alpha value is -1.72. The van der Waals surface area contributed by atoms with Gasteiger partial charge in [0.15, 0.2) is 0 Å². The van der Waals surface area contributed by atoms with Gasteiger partial charge in [0.05, 0.1) is 24.5 Å². The SMILES string of the molecule is OCc1nn(Cc2ccc(F)cc2)c2c1CCNC2. The van der Waals surface area contributed by atoms with Gasteiger partial charge in [0.25, 0.3) is 0 Å². The number of rotatable bonds is 3. The number of hydrogen-bond acceptors (Lipinski definition) is 3. The van der Waals surface area contributed by atoms with Crippen molar-refractivity contribution in [1.29, 1.82) is 0 Å². The topological polar surface area (TPSA) is 50.1 Å². The highest BCUT2D eigenvalue weighted by Gasteiger charge is 2.19. The van der Waals surface area contributed by atoms with Crippen molar-refractivity contribution in [2.75, 3.05) is 6.54 Å². The Morgan fingerprint density at radius 1 is 1.32 bits per heavy atom. The van der Waals surface area contributed by atoms with Crippen LogP contribution in [0.15, 0.2) is 24.3 Å². The monoisotopic (exact) mass is 261 g/mol. The van der Waals surface area contributed by atoms with Gasteiger partial charge in [0, 0.05) is 12.1 Å². The molecule has 1 aromatic carbocycles. The molecular formula is C14H16FN3O. The molecule has 0 atom stereocenters. The van der Waals surface area contributed by atoms with Gasteiger partial charge in [-0.15, -0.1) is 0 Å². The molecule has 0 unspecified atom stereocenters. The summed E-state index contributed by atoms with van der Waals surface area (Å²) in [5, 5.41) is 17.1. The summed E-state index contributed by atoms with van der Waals surface area (Å²) in [5.41, 5.74) is 4.04. The van der Waals surface area contributed by atoms with Gasteiger partial charge in [0.1, 0.15) is 5.82 Å². The minimum absolute atomic E-state index is 0.0290. The van der Waals surface area contributed by atoms with E-state index in [9.17, 15) is 9.50 Å². The summed E-state index contributed by atoms with van der Waals surface area (Å²) in [6.07, 6.45) is 0.897. The Labute approximate surface area is 110 Å². The van der Waals surface area contributed by atoms with E-state index in [1.54, 1.807) is 12.1 Å². The number of aromatic nitrogens is 2. The van der Waals surface area contributed by atoms with Crippen molar-refractivity contribution in [2.24, 2.45) is 0 Å². The zero-order chi connectivity index (χ0) is 13.2. The summed E-state index contributed by atoms with van der Waals surface area (Å²) in [6, 6.07) is 6.43. The summed E-state index contributed by atoms with van der Waals surface area (Å²) < 4.78 is 14.8. The van der Waals surface area contributed by atoms with Gasteiger partial charge in [0.2, 0.25) is 0 Å².